The van der Waals surface area contributed by atoms with Gasteiger partial charge in [0.15, 0.2) is 0 Å². The van der Waals surface area contributed by atoms with Crippen molar-refractivity contribution in [2.75, 3.05) is 13.2 Å². The van der Waals surface area contributed by atoms with Crippen molar-refractivity contribution in [3.05, 3.63) is 60.7 Å². The Morgan fingerprint density at radius 1 is 0.973 bits per heavy atom. The van der Waals surface area contributed by atoms with E-state index >= 15 is 0 Å². The van der Waals surface area contributed by atoms with Crippen LogP contribution < -0.4 is 10.4 Å². The summed E-state index contributed by atoms with van der Waals surface area (Å²) in [4.78, 5) is 13.6. The fourth-order valence-corrected chi connectivity index (χ4v) is 11.9. The molecule has 4 rings (SSSR count). The van der Waals surface area contributed by atoms with E-state index in [4.69, 9.17) is 13.9 Å². The Bertz CT molecular complexity index is 963. The van der Waals surface area contributed by atoms with Gasteiger partial charge in [-0.1, -0.05) is 108 Å². The predicted octanol–water partition coefficient (Wildman–Crippen LogP) is 6.26. The Labute approximate surface area is 225 Å². The molecule has 202 valence electrons. The number of ether oxygens (including phenoxy) is 2. The number of esters is 1. The third-order valence-electron chi connectivity index (χ3n) is 8.63. The number of fused-ring (bicyclic) bond motifs is 1. The molecule has 4 atom stereocenters. The van der Waals surface area contributed by atoms with Gasteiger partial charge >= 0.3 is 5.97 Å². The highest BCUT2D eigenvalue weighted by molar-refractivity contribution is 6.99. The first-order valence-electron chi connectivity index (χ1n) is 14.4. The molecule has 2 saturated carbocycles. The maximum Gasteiger partial charge on any atom is 0.311 e. The van der Waals surface area contributed by atoms with Crippen LogP contribution in [0.1, 0.15) is 79.6 Å². The first-order chi connectivity index (χ1) is 17.8. The van der Waals surface area contributed by atoms with Gasteiger partial charge in [-0.2, -0.15) is 0 Å². The molecule has 0 aliphatic heterocycles. The first-order valence-corrected chi connectivity index (χ1v) is 16.3. The second kappa shape index (κ2) is 11.8. The summed E-state index contributed by atoms with van der Waals surface area (Å²) < 4.78 is 20.2. The molecule has 4 nitrogen and oxygen atoms in total. The Morgan fingerprint density at radius 2 is 1.59 bits per heavy atom. The van der Waals surface area contributed by atoms with E-state index in [1.165, 1.54) is 10.4 Å². The standard InChI is InChI=1S/C32H46O4Si/c1-6-8-23-35-29-24-28(30(33)34-7-2)32(22-16-15-21-27(29)32)36-37(31(3,4)5,25-17-11-9-12-18-25)26-19-13-10-14-20-26/h9-14,17-20,27-29H,6-8,15-16,21-24H2,1-5H3. The van der Waals surface area contributed by atoms with Gasteiger partial charge in [0.2, 0.25) is 0 Å². The normalized spacial score (nSPS) is 26.0. The van der Waals surface area contributed by atoms with Gasteiger partial charge in [0.1, 0.15) is 0 Å². The molecule has 2 fully saturated rings. The zero-order valence-corrected chi connectivity index (χ0v) is 24.5. The average molecular weight is 523 g/mol. The number of rotatable bonds is 10. The zero-order valence-electron chi connectivity index (χ0n) is 23.5. The van der Waals surface area contributed by atoms with Crippen LogP contribution in [-0.4, -0.2) is 39.2 Å². The average Bonchev–Trinajstić information content (AvgIpc) is 3.22. The van der Waals surface area contributed by atoms with Crippen molar-refractivity contribution in [1.82, 2.24) is 0 Å². The van der Waals surface area contributed by atoms with Crippen molar-refractivity contribution in [3.8, 4) is 0 Å². The topological polar surface area (TPSA) is 44.8 Å². The van der Waals surface area contributed by atoms with Gasteiger partial charge in [-0.3, -0.25) is 4.79 Å². The summed E-state index contributed by atoms with van der Waals surface area (Å²) in [6.07, 6.45) is 6.97. The molecule has 0 amide bonds. The van der Waals surface area contributed by atoms with E-state index in [-0.39, 0.29) is 28.9 Å². The lowest BCUT2D eigenvalue weighted by Crippen LogP contribution is -2.71. The summed E-state index contributed by atoms with van der Waals surface area (Å²) in [5.74, 6) is -0.242. The number of carbonyl (C=O) groups is 1. The summed E-state index contributed by atoms with van der Waals surface area (Å²) in [5, 5.41) is 2.35. The fraction of sp³-hybridized carbons (Fsp3) is 0.594. The number of hydrogen-bond acceptors (Lipinski definition) is 4. The lowest BCUT2D eigenvalue weighted by molar-refractivity contribution is -0.159. The SMILES string of the molecule is CCCCOC1CC(C(=O)OCC)C2(O[Si](c3ccccc3)(c3ccccc3)C(C)(C)C)CCCCC12. The molecule has 2 aromatic carbocycles. The van der Waals surface area contributed by atoms with Crippen LogP contribution in [-0.2, 0) is 18.7 Å². The molecule has 0 N–H and O–H groups in total. The number of hydrogen-bond donors (Lipinski definition) is 0. The zero-order chi connectivity index (χ0) is 26.5. The highest BCUT2D eigenvalue weighted by Gasteiger charge is 2.65. The van der Waals surface area contributed by atoms with Crippen LogP contribution in [0.4, 0.5) is 0 Å². The third-order valence-corrected chi connectivity index (χ3v) is 13.7. The Kier molecular flexibility index (Phi) is 8.98. The molecular formula is C32H46O4Si. The van der Waals surface area contributed by atoms with E-state index in [1.54, 1.807) is 0 Å². The van der Waals surface area contributed by atoms with Crippen LogP contribution in [0.15, 0.2) is 60.7 Å². The van der Waals surface area contributed by atoms with Gasteiger partial charge in [0.25, 0.3) is 8.32 Å². The van der Waals surface area contributed by atoms with Gasteiger partial charge in [-0.15, -0.1) is 0 Å². The van der Waals surface area contributed by atoms with Crippen molar-refractivity contribution < 1.29 is 18.7 Å². The fourth-order valence-electron chi connectivity index (χ4n) is 6.96. The summed E-state index contributed by atoms with van der Waals surface area (Å²) >= 11 is 0. The molecule has 0 aromatic heterocycles. The molecule has 0 radical (unpaired) electrons. The van der Waals surface area contributed by atoms with Gasteiger partial charge in [-0.05, 0) is 48.0 Å². The monoisotopic (exact) mass is 522 g/mol. The van der Waals surface area contributed by atoms with E-state index in [0.717, 1.165) is 45.1 Å². The van der Waals surface area contributed by atoms with E-state index in [0.29, 0.717) is 13.0 Å². The van der Waals surface area contributed by atoms with Gasteiger partial charge in [-0.25, -0.2) is 0 Å². The second-order valence-electron chi connectivity index (χ2n) is 11.9. The van der Waals surface area contributed by atoms with E-state index in [1.807, 2.05) is 6.92 Å². The van der Waals surface area contributed by atoms with E-state index < -0.39 is 13.9 Å². The third kappa shape index (κ3) is 5.32. The smallest absolute Gasteiger partial charge is 0.311 e. The predicted molar refractivity (Wildman–Crippen MR) is 153 cm³/mol. The summed E-state index contributed by atoms with van der Waals surface area (Å²) in [7, 11) is -2.87. The second-order valence-corrected chi connectivity index (χ2v) is 16.1. The highest BCUT2D eigenvalue weighted by Crippen LogP contribution is 2.56. The number of unbranched alkanes of at least 4 members (excludes halogenated alkanes) is 1. The van der Waals surface area contributed by atoms with Gasteiger partial charge < -0.3 is 13.9 Å². The highest BCUT2D eigenvalue weighted by atomic mass is 28.4. The maximum atomic E-state index is 13.6. The molecule has 4 unspecified atom stereocenters. The first kappa shape index (κ1) is 28.1. The van der Waals surface area contributed by atoms with Crippen LogP contribution in [0, 0.1) is 11.8 Å². The van der Waals surface area contributed by atoms with Crippen molar-refractivity contribution >= 4 is 24.7 Å². The van der Waals surface area contributed by atoms with E-state index in [2.05, 4.69) is 88.4 Å². The molecule has 0 saturated heterocycles. The van der Waals surface area contributed by atoms with Crippen LogP contribution in [0.5, 0.6) is 0 Å². The van der Waals surface area contributed by atoms with Crippen molar-refractivity contribution in [2.45, 2.75) is 96.3 Å². The minimum atomic E-state index is -2.87. The molecule has 37 heavy (non-hydrogen) atoms. The number of benzene rings is 2. The summed E-state index contributed by atoms with van der Waals surface area (Å²) in [5.41, 5.74) is -0.591. The number of carbonyl (C=O) groups excluding carboxylic acids is 1. The molecule has 2 aliphatic carbocycles. The lowest BCUT2D eigenvalue weighted by atomic mass is 9.73. The molecule has 0 bridgehead atoms. The van der Waals surface area contributed by atoms with Gasteiger partial charge in [0.05, 0.1) is 24.2 Å². The lowest BCUT2D eigenvalue weighted by Gasteiger charge is -2.53. The Balaban J connectivity index is 1.90. The molecule has 5 heteroatoms. The van der Waals surface area contributed by atoms with Crippen molar-refractivity contribution in [3.63, 3.8) is 0 Å². The molecule has 2 aliphatic rings. The van der Waals surface area contributed by atoms with Crippen molar-refractivity contribution in [2.24, 2.45) is 11.8 Å². The van der Waals surface area contributed by atoms with Crippen LogP contribution >= 0.6 is 0 Å². The maximum absolute atomic E-state index is 13.6. The van der Waals surface area contributed by atoms with Crippen LogP contribution in [0.3, 0.4) is 0 Å². The molecule has 0 spiro atoms. The minimum Gasteiger partial charge on any atom is -0.466 e. The Hall–Kier alpha value is -1.95. The molecule has 2 aromatic rings. The quantitative estimate of drug-likeness (QED) is 0.210. The van der Waals surface area contributed by atoms with Gasteiger partial charge in [0, 0.05) is 12.5 Å². The largest absolute Gasteiger partial charge is 0.466 e. The molecular weight excluding hydrogens is 476 g/mol. The minimum absolute atomic E-state index is 0.0273. The van der Waals surface area contributed by atoms with Crippen molar-refractivity contribution in [1.29, 1.82) is 0 Å². The van der Waals surface area contributed by atoms with Crippen LogP contribution in [0.25, 0.3) is 0 Å². The van der Waals surface area contributed by atoms with Crippen LogP contribution in [0.2, 0.25) is 5.04 Å². The summed E-state index contributed by atoms with van der Waals surface area (Å²) in [6.45, 7) is 12.2. The van der Waals surface area contributed by atoms with E-state index in [9.17, 15) is 4.79 Å². The summed E-state index contributed by atoms with van der Waals surface area (Å²) in [6, 6.07) is 21.6. The Morgan fingerprint density at radius 3 is 2.14 bits per heavy atom. The molecule has 0 heterocycles.